The number of hydrogen-bond donors (Lipinski definition) is 1. The van der Waals surface area contributed by atoms with E-state index in [9.17, 15) is 13.2 Å². The first-order chi connectivity index (χ1) is 13.5. The summed E-state index contributed by atoms with van der Waals surface area (Å²) in [6.45, 7) is 6.05. The summed E-state index contributed by atoms with van der Waals surface area (Å²) in [4.78, 5) is 13.0. The monoisotopic (exact) mass is 421 g/mol. The Balaban J connectivity index is 1.98. The summed E-state index contributed by atoms with van der Waals surface area (Å²) < 4.78 is 36.1. The number of nitrogens with one attached hydrogen (secondary N) is 1. The number of nitrogens with zero attached hydrogens (tertiary/aromatic N) is 2. The summed E-state index contributed by atoms with van der Waals surface area (Å²) in [7, 11) is -0.0844. The molecule has 2 heterocycles. The quantitative estimate of drug-likeness (QED) is 0.797. The Kier molecular flexibility index (Phi) is 5.62. The molecule has 1 aliphatic rings. The normalized spacial score (nSPS) is 18.4. The van der Waals surface area contributed by atoms with E-state index in [0.717, 1.165) is 5.69 Å². The zero-order valence-corrected chi connectivity index (χ0v) is 18.2. The molecule has 1 aromatic heterocycles. The van der Waals surface area contributed by atoms with E-state index in [2.05, 4.69) is 10.4 Å². The van der Waals surface area contributed by atoms with Gasteiger partial charge in [0.2, 0.25) is 0 Å². The number of sulfone groups is 1. The first-order valence-electron chi connectivity index (χ1n) is 9.38. The number of aromatic nitrogens is 2. The summed E-state index contributed by atoms with van der Waals surface area (Å²) in [6, 6.07) is 6.46. The fourth-order valence-corrected chi connectivity index (χ4v) is 4.97. The van der Waals surface area contributed by atoms with Gasteiger partial charge in [-0.15, -0.1) is 0 Å². The van der Waals surface area contributed by atoms with E-state index in [1.165, 1.54) is 14.2 Å². The number of carbonyl (C=O) groups excluding carboxylic acids is 1. The highest BCUT2D eigenvalue weighted by Crippen LogP contribution is 2.32. The van der Waals surface area contributed by atoms with Crippen LogP contribution < -0.4 is 14.8 Å². The number of rotatable bonds is 5. The summed E-state index contributed by atoms with van der Waals surface area (Å²) >= 11 is 0. The van der Waals surface area contributed by atoms with Crippen LogP contribution in [0.25, 0.3) is 0 Å². The fraction of sp³-hybridized carbons (Fsp3) is 0.500. The third-order valence-electron chi connectivity index (χ3n) is 4.95. The molecule has 29 heavy (non-hydrogen) atoms. The number of hydrogen-bond acceptors (Lipinski definition) is 6. The number of benzene rings is 1. The second-order valence-electron chi connectivity index (χ2n) is 8.19. The van der Waals surface area contributed by atoms with Gasteiger partial charge in [0.05, 0.1) is 43.0 Å². The van der Waals surface area contributed by atoms with Gasteiger partial charge < -0.3 is 14.8 Å². The van der Waals surface area contributed by atoms with Crippen molar-refractivity contribution in [3.05, 3.63) is 35.5 Å². The number of methoxy groups -OCH3 is 2. The number of amides is 1. The van der Waals surface area contributed by atoms with Gasteiger partial charge >= 0.3 is 0 Å². The van der Waals surface area contributed by atoms with Gasteiger partial charge in [-0.05, 0) is 24.6 Å². The maximum atomic E-state index is 13.0. The van der Waals surface area contributed by atoms with Crippen LogP contribution in [0.5, 0.6) is 11.5 Å². The SMILES string of the molecule is COc1ccc(OC)c(C(=O)Nc2cc(C(C)(C)C)nn2[C@H]2CCS(=O)(=O)C2)c1. The highest BCUT2D eigenvalue weighted by atomic mass is 32.2. The van der Waals surface area contributed by atoms with Gasteiger partial charge in [0.15, 0.2) is 9.84 Å². The molecule has 0 saturated carbocycles. The molecule has 0 aliphatic carbocycles. The molecule has 1 aromatic carbocycles. The first-order valence-corrected chi connectivity index (χ1v) is 11.2. The molecule has 0 bridgehead atoms. The van der Waals surface area contributed by atoms with Gasteiger partial charge in [-0.25, -0.2) is 13.1 Å². The Morgan fingerprint density at radius 1 is 1.21 bits per heavy atom. The van der Waals surface area contributed by atoms with E-state index in [1.54, 1.807) is 28.9 Å². The zero-order chi connectivity index (χ0) is 21.4. The molecule has 9 heteroatoms. The second kappa shape index (κ2) is 7.70. The lowest BCUT2D eigenvalue weighted by atomic mass is 9.92. The van der Waals surface area contributed by atoms with Gasteiger partial charge in [0.25, 0.3) is 5.91 Å². The molecule has 0 spiro atoms. The minimum atomic E-state index is -3.10. The number of carbonyl (C=O) groups is 1. The van der Waals surface area contributed by atoms with Crippen LogP contribution in [0.2, 0.25) is 0 Å². The molecule has 1 saturated heterocycles. The van der Waals surface area contributed by atoms with Crippen molar-refractivity contribution in [1.82, 2.24) is 9.78 Å². The molecule has 0 unspecified atom stereocenters. The Hall–Kier alpha value is -2.55. The van der Waals surface area contributed by atoms with Gasteiger partial charge in [-0.1, -0.05) is 20.8 Å². The van der Waals surface area contributed by atoms with E-state index >= 15 is 0 Å². The van der Waals surface area contributed by atoms with Crippen LogP contribution in [0.15, 0.2) is 24.3 Å². The lowest BCUT2D eigenvalue weighted by Crippen LogP contribution is -2.20. The maximum absolute atomic E-state index is 13.0. The van der Waals surface area contributed by atoms with Crippen molar-refractivity contribution in [2.75, 3.05) is 31.0 Å². The van der Waals surface area contributed by atoms with Gasteiger partial charge in [0, 0.05) is 11.5 Å². The van der Waals surface area contributed by atoms with Crippen LogP contribution in [0, 0.1) is 0 Å². The molecular formula is C20H27N3O5S. The summed E-state index contributed by atoms with van der Waals surface area (Å²) in [6.07, 6.45) is 0.471. The highest BCUT2D eigenvalue weighted by Gasteiger charge is 2.33. The van der Waals surface area contributed by atoms with E-state index in [4.69, 9.17) is 9.47 Å². The Bertz CT molecular complexity index is 1020. The predicted molar refractivity (Wildman–Crippen MR) is 111 cm³/mol. The molecule has 1 amide bonds. The molecule has 2 aromatic rings. The predicted octanol–water partition coefficient (Wildman–Crippen LogP) is 2.81. The van der Waals surface area contributed by atoms with Crippen molar-refractivity contribution in [2.24, 2.45) is 0 Å². The minimum Gasteiger partial charge on any atom is -0.497 e. The van der Waals surface area contributed by atoms with Crippen LogP contribution >= 0.6 is 0 Å². The number of ether oxygens (including phenoxy) is 2. The van der Waals surface area contributed by atoms with Crippen molar-refractivity contribution >= 4 is 21.6 Å². The van der Waals surface area contributed by atoms with Crippen LogP contribution in [0.3, 0.4) is 0 Å². The smallest absolute Gasteiger partial charge is 0.260 e. The standard InChI is InChI=1S/C20H27N3O5S/c1-20(2,3)17-11-18(23(22-17)13-8-9-29(25,26)12-13)21-19(24)15-10-14(27-4)6-7-16(15)28-5/h6-7,10-11,13H,8-9,12H2,1-5H3,(H,21,24)/t13-/m0/s1. The third-order valence-corrected chi connectivity index (χ3v) is 6.70. The van der Waals surface area contributed by atoms with E-state index in [1.807, 2.05) is 20.8 Å². The molecule has 1 fully saturated rings. The van der Waals surface area contributed by atoms with Crippen molar-refractivity contribution < 1.29 is 22.7 Å². The van der Waals surface area contributed by atoms with Gasteiger partial charge in [0.1, 0.15) is 17.3 Å². The van der Waals surface area contributed by atoms with E-state index < -0.39 is 9.84 Å². The van der Waals surface area contributed by atoms with Crippen LogP contribution in [-0.4, -0.2) is 49.8 Å². The average Bonchev–Trinajstić information content (AvgIpc) is 3.23. The summed E-state index contributed by atoms with van der Waals surface area (Å²) in [5.41, 5.74) is 0.834. The van der Waals surface area contributed by atoms with Crippen LogP contribution in [0.4, 0.5) is 5.82 Å². The van der Waals surface area contributed by atoms with Crippen molar-refractivity contribution in [2.45, 2.75) is 38.6 Å². The zero-order valence-electron chi connectivity index (χ0n) is 17.4. The van der Waals surface area contributed by atoms with Crippen molar-refractivity contribution in [3.63, 3.8) is 0 Å². The first kappa shape index (κ1) is 21.2. The Labute approximate surface area is 171 Å². The Morgan fingerprint density at radius 3 is 2.48 bits per heavy atom. The van der Waals surface area contributed by atoms with Gasteiger partial charge in [-0.3, -0.25) is 4.79 Å². The average molecular weight is 422 g/mol. The minimum absolute atomic E-state index is 0.0175. The summed E-state index contributed by atoms with van der Waals surface area (Å²) in [5, 5.41) is 7.51. The highest BCUT2D eigenvalue weighted by molar-refractivity contribution is 7.91. The maximum Gasteiger partial charge on any atom is 0.260 e. The fourth-order valence-electron chi connectivity index (χ4n) is 3.28. The largest absolute Gasteiger partial charge is 0.497 e. The molecule has 158 valence electrons. The van der Waals surface area contributed by atoms with Crippen molar-refractivity contribution in [1.29, 1.82) is 0 Å². The van der Waals surface area contributed by atoms with Crippen LogP contribution in [-0.2, 0) is 15.3 Å². The lowest BCUT2D eigenvalue weighted by molar-refractivity contribution is 0.102. The van der Waals surface area contributed by atoms with Crippen LogP contribution in [0.1, 0.15) is 49.3 Å². The molecule has 3 rings (SSSR count). The van der Waals surface area contributed by atoms with E-state index in [0.29, 0.717) is 29.3 Å². The molecular weight excluding hydrogens is 394 g/mol. The Morgan fingerprint density at radius 2 is 1.93 bits per heavy atom. The van der Waals surface area contributed by atoms with E-state index in [-0.39, 0.29) is 28.9 Å². The molecule has 1 aliphatic heterocycles. The third kappa shape index (κ3) is 4.55. The molecule has 0 radical (unpaired) electrons. The molecule has 8 nitrogen and oxygen atoms in total. The van der Waals surface area contributed by atoms with Crippen molar-refractivity contribution in [3.8, 4) is 11.5 Å². The second-order valence-corrected chi connectivity index (χ2v) is 10.4. The molecule has 1 N–H and O–H groups in total. The van der Waals surface area contributed by atoms with Gasteiger partial charge in [-0.2, -0.15) is 5.10 Å². The summed E-state index contributed by atoms with van der Waals surface area (Å²) in [5.74, 6) is 1.16. The molecule has 1 atom stereocenters. The number of anilines is 1. The topological polar surface area (TPSA) is 99.5 Å². The lowest BCUT2D eigenvalue weighted by Gasteiger charge is -2.16.